The number of aliphatic hydroxyl groups is 1. The SMILES string of the molecule is OC(Cn1cncn1)(c1ccc(Cl)cc1)C1(c2ccc(Cl)cn2)CCC1. The Hall–Kier alpha value is -1.95. The summed E-state index contributed by atoms with van der Waals surface area (Å²) in [7, 11) is 0. The normalized spacial score (nSPS) is 18.1. The maximum atomic E-state index is 12.0. The van der Waals surface area contributed by atoms with E-state index in [1.165, 1.54) is 6.33 Å². The van der Waals surface area contributed by atoms with Crippen LogP contribution in [0.2, 0.25) is 10.0 Å². The fourth-order valence-electron chi connectivity index (χ4n) is 3.86. The highest BCUT2D eigenvalue weighted by atomic mass is 35.5. The quantitative estimate of drug-likeness (QED) is 0.717. The molecular weight excluding hydrogens is 371 g/mol. The average Bonchev–Trinajstić information content (AvgIpc) is 3.09. The molecule has 0 radical (unpaired) electrons. The highest BCUT2D eigenvalue weighted by molar-refractivity contribution is 6.30. The molecule has 1 unspecified atom stereocenters. The van der Waals surface area contributed by atoms with Crippen LogP contribution in [-0.2, 0) is 17.6 Å². The molecule has 26 heavy (non-hydrogen) atoms. The Morgan fingerprint density at radius 1 is 1.08 bits per heavy atom. The molecule has 0 bridgehead atoms. The molecule has 7 heteroatoms. The van der Waals surface area contributed by atoms with Gasteiger partial charge in [0.25, 0.3) is 0 Å². The van der Waals surface area contributed by atoms with Crippen molar-refractivity contribution < 1.29 is 5.11 Å². The molecule has 0 spiro atoms. The Morgan fingerprint density at radius 2 is 1.81 bits per heavy atom. The Bertz CT molecular complexity index is 877. The Kier molecular flexibility index (Phi) is 4.47. The monoisotopic (exact) mass is 388 g/mol. The molecule has 134 valence electrons. The Balaban J connectivity index is 1.85. The van der Waals surface area contributed by atoms with Crippen LogP contribution < -0.4 is 0 Å². The zero-order chi connectivity index (χ0) is 18.2. The van der Waals surface area contributed by atoms with Crippen LogP contribution in [-0.4, -0.2) is 24.9 Å². The van der Waals surface area contributed by atoms with Crippen LogP contribution in [0, 0.1) is 0 Å². The summed E-state index contributed by atoms with van der Waals surface area (Å²) in [6.45, 7) is 0.277. The van der Waals surface area contributed by atoms with E-state index in [9.17, 15) is 5.11 Å². The molecule has 0 amide bonds. The summed E-state index contributed by atoms with van der Waals surface area (Å²) in [5, 5.41) is 17.4. The average molecular weight is 389 g/mol. The van der Waals surface area contributed by atoms with Crippen molar-refractivity contribution in [2.75, 3.05) is 0 Å². The molecule has 2 heterocycles. The van der Waals surface area contributed by atoms with E-state index in [1.807, 2.05) is 24.3 Å². The number of benzene rings is 1. The van der Waals surface area contributed by atoms with Gasteiger partial charge >= 0.3 is 0 Å². The zero-order valence-electron chi connectivity index (χ0n) is 14.0. The summed E-state index contributed by atoms with van der Waals surface area (Å²) in [6, 6.07) is 11.1. The van der Waals surface area contributed by atoms with Crippen molar-refractivity contribution in [2.24, 2.45) is 0 Å². The van der Waals surface area contributed by atoms with Crippen LogP contribution in [0.5, 0.6) is 0 Å². The second kappa shape index (κ2) is 6.65. The van der Waals surface area contributed by atoms with Gasteiger partial charge in [0.1, 0.15) is 18.3 Å². The molecule has 1 atom stereocenters. The molecule has 2 aromatic heterocycles. The number of rotatable bonds is 5. The molecule has 0 aliphatic heterocycles. The first-order chi connectivity index (χ1) is 12.5. The van der Waals surface area contributed by atoms with Gasteiger partial charge in [0.05, 0.1) is 11.6 Å². The van der Waals surface area contributed by atoms with Gasteiger partial charge in [-0.3, -0.25) is 4.98 Å². The van der Waals surface area contributed by atoms with Crippen molar-refractivity contribution in [1.82, 2.24) is 19.7 Å². The number of hydrogen-bond donors (Lipinski definition) is 1. The molecule has 1 aromatic carbocycles. The molecule has 1 fully saturated rings. The van der Waals surface area contributed by atoms with Crippen LogP contribution in [0.25, 0.3) is 0 Å². The summed E-state index contributed by atoms with van der Waals surface area (Å²) in [4.78, 5) is 8.56. The van der Waals surface area contributed by atoms with Crippen molar-refractivity contribution in [2.45, 2.75) is 36.8 Å². The molecule has 5 nitrogen and oxygen atoms in total. The van der Waals surface area contributed by atoms with Gasteiger partial charge in [0.15, 0.2) is 0 Å². The van der Waals surface area contributed by atoms with Gasteiger partial charge < -0.3 is 5.11 Å². The molecular formula is C19H18Cl2N4O. The lowest BCUT2D eigenvalue weighted by Gasteiger charge is -2.53. The first kappa shape index (κ1) is 17.5. The highest BCUT2D eigenvalue weighted by Crippen LogP contribution is 2.55. The van der Waals surface area contributed by atoms with E-state index < -0.39 is 11.0 Å². The van der Waals surface area contributed by atoms with Crippen LogP contribution >= 0.6 is 23.2 Å². The third-order valence-corrected chi connectivity index (χ3v) is 5.87. The summed E-state index contributed by atoms with van der Waals surface area (Å²) in [5.74, 6) is 0. The molecule has 4 rings (SSSR count). The van der Waals surface area contributed by atoms with E-state index in [-0.39, 0.29) is 6.54 Å². The van der Waals surface area contributed by atoms with Gasteiger partial charge in [-0.25, -0.2) is 9.67 Å². The van der Waals surface area contributed by atoms with Crippen molar-refractivity contribution >= 4 is 23.2 Å². The molecule has 0 saturated heterocycles. The van der Waals surface area contributed by atoms with Crippen molar-refractivity contribution in [3.05, 3.63) is 76.6 Å². The summed E-state index contributed by atoms with van der Waals surface area (Å²) < 4.78 is 1.66. The molecule has 3 aromatic rings. The van der Waals surface area contributed by atoms with Crippen molar-refractivity contribution in [3.63, 3.8) is 0 Å². The molecule has 1 aliphatic rings. The molecule has 1 N–H and O–H groups in total. The van der Waals surface area contributed by atoms with Gasteiger partial charge in [-0.15, -0.1) is 0 Å². The van der Waals surface area contributed by atoms with Gasteiger partial charge in [-0.05, 0) is 42.7 Å². The lowest BCUT2D eigenvalue weighted by molar-refractivity contribution is -0.100. The number of halogens is 2. The van der Waals surface area contributed by atoms with E-state index in [0.29, 0.717) is 10.0 Å². The number of pyridine rings is 1. The lowest BCUT2D eigenvalue weighted by atomic mass is 9.54. The number of hydrogen-bond acceptors (Lipinski definition) is 4. The minimum atomic E-state index is -1.20. The predicted molar refractivity (Wildman–Crippen MR) is 100 cm³/mol. The Morgan fingerprint density at radius 3 is 2.35 bits per heavy atom. The smallest absolute Gasteiger partial charge is 0.137 e. The summed E-state index contributed by atoms with van der Waals surface area (Å²) in [6.07, 6.45) is 7.40. The second-order valence-corrected chi connectivity index (χ2v) is 7.63. The number of nitrogens with zero attached hydrogens (tertiary/aromatic N) is 4. The Labute approximate surface area is 161 Å². The first-order valence-electron chi connectivity index (χ1n) is 8.46. The zero-order valence-corrected chi connectivity index (χ0v) is 15.5. The largest absolute Gasteiger partial charge is 0.382 e. The highest BCUT2D eigenvalue weighted by Gasteiger charge is 2.57. The van der Waals surface area contributed by atoms with Crippen LogP contribution in [0.1, 0.15) is 30.5 Å². The van der Waals surface area contributed by atoms with Gasteiger partial charge in [0, 0.05) is 22.3 Å². The second-order valence-electron chi connectivity index (χ2n) is 6.76. The van der Waals surface area contributed by atoms with E-state index in [2.05, 4.69) is 15.1 Å². The predicted octanol–water partition coefficient (Wildman–Crippen LogP) is 3.99. The van der Waals surface area contributed by atoms with Gasteiger partial charge in [0.2, 0.25) is 0 Å². The topological polar surface area (TPSA) is 63.8 Å². The third-order valence-electron chi connectivity index (χ3n) is 5.40. The van der Waals surface area contributed by atoms with Crippen molar-refractivity contribution in [3.8, 4) is 0 Å². The lowest BCUT2D eigenvalue weighted by Crippen LogP contribution is -2.56. The van der Waals surface area contributed by atoms with Crippen LogP contribution in [0.15, 0.2) is 55.2 Å². The minimum absolute atomic E-state index is 0.277. The van der Waals surface area contributed by atoms with Crippen molar-refractivity contribution in [1.29, 1.82) is 0 Å². The summed E-state index contributed by atoms with van der Waals surface area (Å²) >= 11 is 12.1. The fourth-order valence-corrected chi connectivity index (χ4v) is 4.10. The van der Waals surface area contributed by atoms with Gasteiger partial charge in [-0.1, -0.05) is 41.8 Å². The van der Waals surface area contributed by atoms with Gasteiger partial charge in [-0.2, -0.15) is 5.10 Å². The first-order valence-corrected chi connectivity index (χ1v) is 9.22. The maximum Gasteiger partial charge on any atom is 0.137 e. The van der Waals surface area contributed by atoms with Crippen LogP contribution in [0.4, 0.5) is 0 Å². The van der Waals surface area contributed by atoms with E-state index in [0.717, 1.165) is 30.5 Å². The van der Waals surface area contributed by atoms with E-state index in [1.54, 1.807) is 29.3 Å². The summed E-state index contributed by atoms with van der Waals surface area (Å²) in [5.41, 5.74) is -0.0959. The number of aromatic nitrogens is 4. The third kappa shape index (κ3) is 2.80. The van der Waals surface area contributed by atoms with E-state index in [4.69, 9.17) is 23.2 Å². The standard InChI is InChI=1S/C19H18Cl2N4O/c20-15-4-2-14(3-5-15)19(26,11-25-13-22-12-24-25)18(8-1-9-18)17-7-6-16(21)10-23-17/h2-7,10,12-13,26H,1,8-9,11H2. The molecule has 1 aliphatic carbocycles. The fraction of sp³-hybridized carbons (Fsp3) is 0.316. The minimum Gasteiger partial charge on any atom is -0.382 e. The van der Waals surface area contributed by atoms with Crippen LogP contribution in [0.3, 0.4) is 0 Å². The maximum absolute atomic E-state index is 12.0. The molecule has 1 saturated carbocycles. The van der Waals surface area contributed by atoms with E-state index >= 15 is 0 Å².